The Labute approximate surface area is 167 Å². The number of hydrogen-bond acceptors (Lipinski definition) is 4. The van der Waals surface area contributed by atoms with Gasteiger partial charge in [-0.15, -0.1) is 0 Å². The molecule has 2 N–H and O–H groups in total. The normalized spacial score (nSPS) is 22.5. The lowest BCUT2D eigenvalue weighted by atomic mass is 9.96. The number of carbonyl (C=O) groups is 3. The number of benzene rings is 1. The van der Waals surface area contributed by atoms with Gasteiger partial charge < -0.3 is 15.2 Å². The highest BCUT2D eigenvalue weighted by atomic mass is 19.1. The number of aryl methyl sites for hydroxylation is 1. The number of nitrogens with one attached hydrogen (secondary N) is 2. The molecule has 1 aromatic carbocycles. The third-order valence-electron chi connectivity index (χ3n) is 5.62. The smallest absolute Gasteiger partial charge is 0.325 e. The van der Waals surface area contributed by atoms with Crippen molar-refractivity contribution in [1.82, 2.24) is 25.1 Å². The van der Waals surface area contributed by atoms with Crippen LogP contribution >= 0.6 is 0 Å². The van der Waals surface area contributed by atoms with Gasteiger partial charge in [-0.1, -0.05) is 12.1 Å². The molecular formula is C20H22FN5O3. The molecule has 29 heavy (non-hydrogen) atoms. The van der Waals surface area contributed by atoms with Crippen LogP contribution in [0.1, 0.15) is 37.2 Å². The molecule has 2 aromatic rings. The Morgan fingerprint density at radius 1 is 1.34 bits per heavy atom. The van der Waals surface area contributed by atoms with E-state index in [0.717, 1.165) is 17.7 Å². The summed E-state index contributed by atoms with van der Waals surface area (Å²) in [5.74, 6) is -0.616. The van der Waals surface area contributed by atoms with Crippen LogP contribution in [0.5, 0.6) is 0 Å². The molecule has 4 rings (SSSR count). The summed E-state index contributed by atoms with van der Waals surface area (Å²) in [5, 5.41) is 5.54. The molecule has 1 saturated carbocycles. The van der Waals surface area contributed by atoms with Crippen molar-refractivity contribution in [3.8, 4) is 0 Å². The fourth-order valence-electron chi connectivity index (χ4n) is 3.75. The van der Waals surface area contributed by atoms with Crippen LogP contribution in [0.25, 0.3) is 0 Å². The summed E-state index contributed by atoms with van der Waals surface area (Å²) in [4.78, 5) is 43.0. The van der Waals surface area contributed by atoms with Gasteiger partial charge in [-0.05, 0) is 43.4 Å². The van der Waals surface area contributed by atoms with E-state index in [2.05, 4.69) is 15.6 Å². The Hall–Kier alpha value is -3.23. The quantitative estimate of drug-likeness (QED) is 0.720. The Kier molecular flexibility index (Phi) is 4.60. The number of hydrogen-bond donors (Lipinski definition) is 2. The molecule has 8 nitrogen and oxygen atoms in total. The number of imidazole rings is 1. The Morgan fingerprint density at radius 3 is 2.62 bits per heavy atom. The largest absolute Gasteiger partial charge is 0.341 e. The maximum absolute atomic E-state index is 13.3. The van der Waals surface area contributed by atoms with Crippen molar-refractivity contribution in [3.05, 3.63) is 53.9 Å². The Bertz CT molecular complexity index is 969. The zero-order valence-electron chi connectivity index (χ0n) is 16.2. The molecule has 1 aliphatic heterocycles. The summed E-state index contributed by atoms with van der Waals surface area (Å²) < 4.78 is 15.1. The number of aromatic nitrogens is 2. The fourth-order valence-corrected chi connectivity index (χ4v) is 3.75. The third kappa shape index (κ3) is 3.48. The molecule has 152 valence electrons. The number of nitrogens with zero attached hydrogens (tertiary/aromatic N) is 3. The second-order valence-electron chi connectivity index (χ2n) is 7.75. The minimum atomic E-state index is -0.937. The first-order valence-corrected chi connectivity index (χ1v) is 9.46. The molecule has 1 aromatic heterocycles. The van der Waals surface area contributed by atoms with E-state index in [4.69, 9.17) is 0 Å². The van der Waals surface area contributed by atoms with Crippen LogP contribution in [0.15, 0.2) is 36.7 Å². The van der Waals surface area contributed by atoms with E-state index in [1.807, 2.05) is 0 Å². The maximum Gasteiger partial charge on any atom is 0.325 e. The number of imide groups is 1. The zero-order chi connectivity index (χ0) is 20.8. The van der Waals surface area contributed by atoms with E-state index in [1.165, 1.54) is 12.1 Å². The first-order valence-electron chi connectivity index (χ1n) is 9.46. The highest BCUT2D eigenvalue weighted by Crippen LogP contribution is 2.42. The number of urea groups is 1. The average molecular weight is 399 g/mol. The van der Waals surface area contributed by atoms with Crippen molar-refractivity contribution in [3.63, 3.8) is 0 Å². The van der Waals surface area contributed by atoms with Gasteiger partial charge in [0.2, 0.25) is 5.91 Å². The van der Waals surface area contributed by atoms with Crippen molar-refractivity contribution in [2.75, 3.05) is 6.54 Å². The lowest BCUT2D eigenvalue weighted by molar-refractivity contribution is -0.135. The second kappa shape index (κ2) is 6.98. The molecule has 1 aliphatic carbocycles. The van der Waals surface area contributed by atoms with Crippen LogP contribution in [0.3, 0.4) is 0 Å². The first-order chi connectivity index (χ1) is 13.8. The molecule has 2 aliphatic rings. The zero-order valence-corrected chi connectivity index (χ0v) is 16.2. The van der Waals surface area contributed by atoms with Gasteiger partial charge in [0, 0.05) is 19.4 Å². The van der Waals surface area contributed by atoms with Crippen molar-refractivity contribution in [2.45, 2.75) is 31.3 Å². The minimum Gasteiger partial charge on any atom is -0.341 e. The molecule has 2 heterocycles. The molecule has 4 amide bonds. The van der Waals surface area contributed by atoms with E-state index < -0.39 is 35.9 Å². The van der Waals surface area contributed by atoms with Crippen molar-refractivity contribution < 1.29 is 18.8 Å². The van der Waals surface area contributed by atoms with Crippen molar-refractivity contribution in [1.29, 1.82) is 0 Å². The Balaban J connectivity index is 1.53. The fraction of sp³-hybridized carbons (Fsp3) is 0.400. The van der Waals surface area contributed by atoms with Gasteiger partial charge in [0.05, 0.1) is 0 Å². The van der Waals surface area contributed by atoms with Crippen molar-refractivity contribution in [2.24, 2.45) is 13.0 Å². The summed E-state index contributed by atoms with van der Waals surface area (Å²) in [6.45, 7) is 1.31. The summed E-state index contributed by atoms with van der Waals surface area (Å²) >= 11 is 0. The van der Waals surface area contributed by atoms with E-state index in [9.17, 15) is 18.8 Å². The maximum atomic E-state index is 13.3. The second-order valence-corrected chi connectivity index (χ2v) is 7.75. The summed E-state index contributed by atoms with van der Waals surface area (Å²) in [6.07, 6.45) is 5.09. The van der Waals surface area contributed by atoms with Crippen LogP contribution in [-0.2, 0) is 16.6 Å². The van der Waals surface area contributed by atoms with Gasteiger partial charge >= 0.3 is 6.03 Å². The molecule has 0 spiro atoms. The van der Waals surface area contributed by atoms with Crippen LogP contribution in [0.4, 0.5) is 9.18 Å². The van der Waals surface area contributed by atoms with Crippen LogP contribution in [-0.4, -0.2) is 44.4 Å². The monoisotopic (exact) mass is 399 g/mol. The predicted molar refractivity (Wildman–Crippen MR) is 101 cm³/mol. The van der Waals surface area contributed by atoms with Gasteiger partial charge in [0.15, 0.2) is 0 Å². The molecule has 0 bridgehead atoms. The topological polar surface area (TPSA) is 96.3 Å². The SMILES string of the molecule is Cn1ccnc1[C@H](NC(=O)CN1C(=O)N[C@](C)(C2CC2)C1=O)c1ccc(F)cc1. The van der Waals surface area contributed by atoms with E-state index in [0.29, 0.717) is 11.4 Å². The molecular weight excluding hydrogens is 377 g/mol. The van der Waals surface area contributed by atoms with Gasteiger partial charge in [0.1, 0.15) is 29.8 Å². The lowest BCUT2D eigenvalue weighted by Crippen LogP contribution is -2.47. The lowest BCUT2D eigenvalue weighted by Gasteiger charge is -2.22. The third-order valence-corrected chi connectivity index (χ3v) is 5.62. The van der Waals surface area contributed by atoms with Gasteiger partial charge in [0.25, 0.3) is 5.91 Å². The average Bonchev–Trinajstić information content (AvgIpc) is 3.42. The van der Waals surface area contributed by atoms with Gasteiger partial charge in [-0.25, -0.2) is 14.2 Å². The summed E-state index contributed by atoms with van der Waals surface area (Å²) in [7, 11) is 1.78. The van der Waals surface area contributed by atoms with Crippen LogP contribution in [0.2, 0.25) is 0 Å². The number of halogens is 1. The van der Waals surface area contributed by atoms with E-state index in [-0.39, 0.29) is 11.8 Å². The first kappa shape index (κ1) is 19.1. The molecule has 9 heteroatoms. The van der Waals surface area contributed by atoms with Crippen LogP contribution < -0.4 is 10.6 Å². The van der Waals surface area contributed by atoms with E-state index >= 15 is 0 Å². The highest BCUT2D eigenvalue weighted by Gasteiger charge is 2.56. The Morgan fingerprint density at radius 2 is 2.03 bits per heavy atom. The van der Waals surface area contributed by atoms with Gasteiger partial charge in [-0.2, -0.15) is 0 Å². The minimum absolute atomic E-state index is 0.117. The molecule has 2 atom stereocenters. The standard InChI is InChI=1S/C20H22FN5O3/c1-20(13-5-6-13)18(28)26(19(29)24-20)11-15(27)23-16(17-22-9-10-25(17)2)12-3-7-14(21)8-4-12/h3-4,7-10,13,16H,5-6,11H2,1-2H3,(H,23,27)(H,24,29)/t16-,20-/m1/s1. The molecule has 0 radical (unpaired) electrons. The predicted octanol–water partition coefficient (Wildman–Crippen LogP) is 1.49. The summed E-state index contributed by atoms with van der Waals surface area (Å²) in [6, 6.07) is 4.51. The molecule has 0 unspecified atom stereocenters. The van der Waals surface area contributed by atoms with Crippen LogP contribution in [0, 0.1) is 11.7 Å². The van der Waals surface area contributed by atoms with Crippen molar-refractivity contribution >= 4 is 17.8 Å². The number of rotatable bonds is 6. The number of amides is 4. The molecule has 2 fully saturated rings. The summed E-state index contributed by atoms with van der Waals surface area (Å²) in [5.41, 5.74) is -0.304. The van der Waals surface area contributed by atoms with Gasteiger partial charge in [-0.3, -0.25) is 14.5 Å². The molecule has 1 saturated heterocycles. The number of carbonyl (C=O) groups excluding carboxylic acids is 3. The highest BCUT2D eigenvalue weighted by molar-refractivity contribution is 6.09. The van der Waals surface area contributed by atoms with E-state index in [1.54, 1.807) is 43.1 Å².